The minimum atomic E-state index is -0.813. The van der Waals surface area contributed by atoms with Gasteiger partial charge in [-0.25, -0.2) is 0 Å². The first-order chi connectivity index (χ1) is 20.2. The molecular formula is C40H31P. The van der Waals surface area contributed by atoms with E-state index in [1.165, 1.54) is 70.8 Å². The van der Waals surface area contributed by atoms with Crippen LogP contribution in [0.2, 0.25) is 0 Å². The molecule has 0 N–H and O–H groups in total. The van der Waals surface area contributed by atoms with Gasteiger partial charge in [-0.3, -0.25) is 0 Å². The van der Waals surface area contributed by atoms with Gasteiger partial charge >= 0.3 is 0 Å². The highest BCUT2D eigenvalue weighted by Crippen LogP contribution is 2.45. The highest BCUT2D eigenvalue weighted by Gasteiger charge is 2.25. The van der Waals surface area contributed by atoms with Crippen LogP contribution >= 0.6 is 7.92 Å². The Bertz CT molecular complexity index is 1950. The van der Waals surface area contributed by atoms with Crippen molar-refractivity contribution < 1.29 is 0 Å². The maximum Gasteiger partial charge on any atom is -0.000925 e. The number of rotatable bonds is 5. The minimum absolute atomic E-state index is 0.813. The van der Waals surface area contributed by atoms with Crippen LogP contribution in [0.4, 0.5) is 0 Å². The standard InChI is InChI=1S/C40H31P/c1-28-25-29(2)27-32(26-28)37-23-21-30-13-9-11-19-35(30)39(37)40-36-20-12-10-14-31(36)22-24-38(40)41(33-15-5-3-6-16-33)34-17-7-4-8-18-34/h3-27H,1-2H3. The summed E-state index contributed by atoms with van der Waals surface area (Å²) in [5, 5.41) is 9.22. The Labute approximate surface area is 243 Å². The third-order valence-electron chi connectivity index (χ3n) is 7.89. The van der Waals surface area contributed by atoms with Crippen LogP contribution in [0.1, 0.15) is 11.1 Å². The van der Waals surface area contributed by atoms with Crippen LogP contribution in [0.5, 0.6) is 0 Å². The quantitative estimate of drug-likeness (QED) is 0.190. The van der Waals surface area contributed by atoms with Gasteiger partial charge in [0.15, 0.2) is 0 Å². The average Bonchev–Trinajstić information content (AvgIpc) is 3.01. The summed E-state index contributed by atoms with van der Waals surface area (Å²) in [7, 11) is -0.813. The summed E-state index contributed by atoms with van der Waals surface area (Å²) in [6.45, 7) is 4.40. The van der Waals surface area contributed by atoms with E-state index in [-0.39, 0.29) is 0 Å². The molecule has 0 aliphatic rings. The number of fused-ring (bicyclic) bond motifs is 2. The largest absolute Gasteiger partial charge is 0.0622 e. The molecule has 0 aliphatic carbocycles. The molecule has 0 radical (unpaired) electrons. The van der Waals surface area contributed by atoms with Crippen LogP contribution in [0, 0.1) is 13.8 Å². The van der Waals surface area contributed by atoms with Gasteiger partial charge in [0.1, 0.15) is 0 Å². The van der Waals surface area contributed by atoms with E-state index in [0.717, 1.165) is 0 Å². The van der Waals surface area contributed by atoms with Gasteiger partial charge in [0.05, 0.1) is 0 Å². The topological polar surface area (TPSA) is 0 Å². The second-order valence-corrected chi connectivity index (χ2v) is 13.0. The van der Waals surface area contributed by atoms with Crippen molar-refractivity contribution in [2.45, 2.75) is 13.8 Å². The molecular weight excluding hydrogens is 511 g/mol. The van der Waals surface area contributed by atoms with E-state index in [1.807, 2.05) is 0 Å². The van der Waals surface area contributed by atoms with Gasteiger partial charge in [-0.05, 0) is 81.5 Å². The molecule has 7 aromatic rings. The number of hydrogen-bond donors (Lipinski definition) is 0. The molecule has 0 spiro atoms. The first-order valence-corrected chi connectivity index (χ1v) is 15.5. The van der Waals surface area contributed by atoms with Crippen LogP contribution in [-0.4, -0.2) is 0 Å². The third-order valence-corrected chi connectivity index (χ3v) is 10.4. The molecule has 7 aromatic carbocycles. The van der Waals surface area contributed by atoms with E-state index in [1.54, 1.807) is 0 Å². The fraction of sp³-hybridized carbons (Fsp3) is 0.0500. The highest BCUT2D eigenvalue weighted by molar-refractivity contribution is 7.80. The van der Waals surface area contributed by atoms with Crippen molar-refractivity contribution in [3.8, 4) is 22.3 Å². The molecule has 0 aromatic heterocycles. The summed E-state index contributed by atoms with van der Waals surface area (Å²) in [4.78, 5) is 0. The van der Waals surface area contributed by atoms with Crippen molar-refractivity contribution in [3.63, 3.8) is 0 Å². The molecule has 0 unspecified atom stereocenters. The normalized spacial score (nSPS) is 11.4. The van der Waals surface area contributed by atoms with Crippen molar-refractivity contribution in [1.29, 1.82) is 0 Å². The van der Waals surface area contributed by atoms with Gasteiger partial charge in [0, 0.05) is 0 Å². The van der Waals surface area contributed by atoms with Gasteiger partial charge < -0.3 is 0 Å². The van der Waals surface area contributed by atoms with Gasteiger partial charge in [-0.1, -0.05) is 163 Å². The predicted octanol–water partition coefficient (Wildman–Crippen LogP) is 9.70. The fourth-order valence-electron chi connectivity index (χ4n) is 6.20. The van der Waals surface area contributed by atoms with Crippen LogP contribution in [0.3, 0.4) is 0 Å². The first kappa shape index (κ1) is 25.5. The van der Waals surface area contributed by atoms with Crippen molar-refractivity contribution >= 4 is 45.4 Å². The molecule has 1 heteroatoms. The highest BCUT2D eigenvalue weighted by atomic mass is 31.1. The molecule has 41 heavy (non-hydrogen) atoms. The van der Waals surface area contributed by atoms with E-state index in [4.69, 9.17) is 0 Å². The Kier molecular flexibility index (Phi) is 6.71. The lowest BCUT2D eigenvalue weighted by Crippen LogP contribution is -2.22. The van der Waals surface area contributed by atoms with E-state index in [0.29, 0.717) is 0 Å². The summed E-state index contributed by atoms with van der Waals surface area (Å²) in [6, 6.07) is 56.2. The summed E-state index contributed by atoms with van der Waals surface area (Å²) in [6.07, 6.45) is 0. The maximum atomic E-state index is 2.40. The Balaban J connectivity index is 1.65. The zero-order valence-electron chi connectivity index (χ0n) is 23.4. The SMILES string of the molecule is Cc1cc(C)cc(-c2ccc3ccccc3c2-c2c(P(c3ccccc3)c3ccccc3)ccc3ccccc23)c1. The minimum Gasteiger partial charge on any atom is -0.0622 e. The lowest BCUT2D eigenvalue weighted by molar-refractivity contribution is 1.38. The van der Waals surface area contributed by atoms with Crippen LogP contribution < -0.4 is 15.9 Å². The van der Waals surface area contributed by atoms with Gasteiger partial charge in [0.25, 0.3) is 0 Å². The number of benzene rings is 7. The van der Waals surface area contributed by atoms with Crippen LogP contribution in [0.15, 0.2) is 152 Å². The maximum absolute atomic E-state index is 2.40. The van der Waals surface area contributed by atoms with Crippen molar-refractivity contribution in [3.05, 3.63) is 163 Å². The predicted molar refractivity (Wildman–Crippen MR) is 181 cm³/mol. The molecule has 196 valence electrons. The molecule has 0 amide bonds. The number of aryl methyl sites for hydroxylation is 2. The monoisotopic (exact) mass is 542 g/mol. The molecule has 0 bridgehead atoms. The second-order valence-electron chi connectivity index (χ2n) is 10.8. The third kappa shape index (κ3) is 4.76. The molecule has 7 rings (SSSR count). The second kappa shape index (κ2) is 10.8. The molecule has 0 saturated heterocycles. The Morgan fingerprint density at radius 1 is 0.415 bits per heavy atom. The lowest BCUT2D eigenvalue weighted by Gasteiger charge is -2.26. The zero-order valence-corrected chi connectivity index (χ0v) is 24.3. The molecule has 0 heterocycles. The first-order valence-electron chi connectivity index (χ1n) is 14.2. The van der Waals surface area contributed by atoms with Gasteiger partial charge in [-0.2, -0.15) is 0 Å². The summed E-state index contributed by atoms with van der Waals surface area (Å²) in [5.41, 5.74) is 7.78. The van der Waals surface area contributed by atoms with Gasteiger partial charge in [0.2, 0.25) is 0 Å². The zero-order chi connectivity index (χ0) is 27.8. The van der Waals surface area contributed by atoms with Crippen molar-refractivity contribution in [1.82, 2.24) is 0 Å². The van der Waals surface area contributed by atoms with E-state index < -0.39 is 7.92 Å². The van der Waals surface area contributed by atoms with E-state index in [9.17, 15) is 0 Å². The summed E-state index contributed by atoms with van der Waals surface area (Å²) >= 11 is 0. The molecule has 0 aliphatic heterocycles. The Morgan fingerprint density at radius 3 is 1.49 bits per heavy atom. The Morgan fingerprint density at radius 2 is 0.902 bits per heavy atom. The fourth-order valence-corrected chi connectivity index (χ4v) is 8.68. The van der Waals surface area contributed by atoms with E-state index in [2.05, 4.69) is 166 Å². The van der Waals surface area contributed by atoms with E-state index >= 15 is 0 Å². The molecule has 0 saturated carbocycles. The van der Waals surface area contributed by atoms with Crippen molar-refractivity contribution in [2.24, 2.45) is 0 Å². The Hall–Kier alpha value is -4.51. The molecule has 0 fully saturated rings. The molecule has 0 atom stereocenters. The van der Waals surface area contributed by atoms with Crippen molar-refractivity contribution in [2.75, 3.05) is 0 Å². The lowest BCUT2D eigenvalue weighted by atomic mass is 9.86. The smallest absolute Gasteiger partial charge is 0.000925 e. The summed E-state index contributed by atoms with van der Waals surface area (Å²) in [5.74, 6) is 0. The summed E-state index contributed by atoms with van der Waals surface area (Å²) < 4.78 is 0. The molecule has 0 nitrogen and oxygen atoms in total. The van der Waals surface area contributed by atoms with Crippen LogP contribution in [-0.2, 0) is 0 Å². The van der Waals surface area contributed by atoms with Crippen LogP contribution in [0.25, 0.3) is 43.8 Å². The average molecular weight is 543 g/mol. The number of hydrogen-bond acceptors (Lipinski definition) is 0. The van der Waals surface area contributed by atoms with Gasteiger partial charge in [-0.15, -0.1) is 0 Å².